The van der Waals surface area contributed by atoms with Gasteiger partial charge >= 0.3 is 6.09 Å². The average molecular weight is 347 g/mol. The number of ether oxygens (including phenoxy) is 1. The number of fused-ring (bicyclic) bond motifs is 1. The quantitative estimate of drug-likeness (QED) is 0.716. The van der Waals surface area contributed by atoms with Gasteiger partial charge in [-0.3, -0.25) is 5.32 Å². The highest BCUT2D eigenvalue weighted by Gasteiger charge is 2.18. The summed E-state index contributed by atoms with van der Waals surface area (Å²) in [6.45, 7) is 6.92. The molecular weight excluding hydrogens is 326 g/mol. The first-order chi connectivity index (χ1) is 12.6. The summed E-state index contributed by atoms with van der Waals surface area (Å²) in [6, 6.07) is 16.0. The van der Waals surface area contributed by atoms with Crippen LogP contribution in [0.25, 0.3) is 22.2 Å². The topological polar surface area (TPSA) is 67.0 Å². The van der Waals surface area contributed by atoms with Crippen LogP contribution in [0.5, 0.6) is 0 Å². The number of nitrogens with zero attached hydrogens (tertiary/aromatic N) is 2. The van der Waals surface area contributed by atoms with Gasteiger partial charge in [0, 0.05) is 23.2 Å². The van der Waals surface area contributed by atoms with E-state index in [0.717, 1.165) is 34.3 Å². The Bertz CT molecular complexity index is 1010. The molecule has 0 aliphatic rings. The summed E-state index contributed by atoms with van der Waals surface area (Å²) in [4.78, 5) is 11.7. The molecule has 1 N–H and O–H groups in total. The first-order valence-corrected chi connectivity index (χ1v) is 8.66. The van der Waals surface area contributed by atoms with Crippen molar-refractivity contribution in [3.63, 3.8) is 0 Å². The van der Waals surface area contributed by atoms with Crippen molar-refractivity contribution in [2.24, 2.45) is 0 Å². The number of carbonyl (C=O) groups excluding carboxylic acids is 1. The molecule has 0 aliphatic heterocycles. The Morgan fingerprint density at radius 3 is 2.73 bits per heavy atom. The molecule has 0 spiro atoms. The first kappa shape index (κ1) is 17.6. The Kier molecular flexibility index (Phi) is 4.94. The van der Waals surface area contributed by atoms with Crippen LogP contribution >= 0.6 is 0 Å². The van der Waals surface area contributed by atoms with Crippen molar-refractivity contribution in [1.29, 1.82) is 5.26 Å². The fourth-order valence-electron chi connectivity index (χ4n) is 3.23. The molecule has 0 fully saturated rings. The van der Waals surface area contributed by atoms with Gasteiger partial charge in [-0.2, -0.15) is 5.26 Å². The number of aryl methyl sites for hydroxylation is 2. The SMILES string of the molecule is CCOC(=O)Nc1cccc(-c2c(C#N)c3ccc(C)cc3n2CC)c1. The van der Waals surface area contributed by atoms with Crippen molar-refractivity contribution >= 4 is 22.7 Å². The molecule has 5 nitrogen and oxygen atoms in total. The molecule has 0 unspecified atom stereocenters. The Morgan fingerprint density at radius 1 is 1.23 bits per heavy atom. The number of nitriles is 1. The molecule has 1 heterocycles. The minimum absolute atomic E-state index is 0.313. The minimum atomic E-state index is -0.489. The van der Waals surface area contributed by atoms with Gasteiger partial charge in [-0.05, 0) is 44.5 Å². The number of rotatable bonds is 4. The summed E-state index contributed by atoms with van der Waals surface area (Å²) in [5.41, 5.74) is 5.22. The molecule has 132 valence electrons. The van der Waals surface area contributed by atoms with E-state index in [0.29, 0.717) is 17.9 Å². The van der Waals surface area contributed by atoms with E-state index in [1.54, 1.807) is 13.0 Å². The Labute approximate surface area is 152 Å². The van der Waals surface area contributed by atoms with Crippen LogP contribution in [-0.2, 0) is 11.3 Å². The van der Waals surface area contributed by atoms with Crippen LogP contribution in [0.4, 0.5) is 10.5 Å². The van der Waals surface area contributed by atoms with E-state index >= 15 is 0 Å². The molecular formula is C21H21N3O2. The lowest BCUT2D eigenvalue weighted by Gasteiger charge is -2.11. The van der Waals surface area contributed by atoms with Crippen LogP contribution in [-0.4, -0.2) is 17.3 Å². The molecule has 2 aromatic carbocycles. The van der Waals surface area contributed by atoms with E-state index < -0.39 is 6.09 Å². The third kappa shape index (κ3) is 3.14. The van der Waals surface area contributed by atoms with Crippen LogP contribution in [0, 0.1) is 18.3 Å². The molecule has 0 saturated heterocycles. The number of carbonyl (C=O) groups is 1. The number of anilines is 1. The number of benzene rings is 2. The summed E-state index contributed by atoms with van der Waals surface area (Å²) in [5, 5.41) is 13.4. The molecule has 0 bridgehead atoms. The summed E-state index contributed by atoms with van der Waals surface area (Å²) < 4.78 is 7.08. The van der Waals surface area contributed by atoms with Crippen molar-refractivity contribution in [3.05, 3.63) is 53.6 Å². The number of hydrogen-bond donors (Lipinski definition) is 1. The van der Waals surface area contributed by atoms with Crippen LogP contribution in [0.15, 0.2) is 42.5 Å². The first-order valence-electron chi connectivity index (χ1n) is 8.66. The zero-order valence-corrected chi connectivity index (χ0v) is 15.2. The Hall–Kier alpha value is -3.26. The van der Waals surface area contributed by atoms with Crippen molar-refractivity contribution < 1.29 is 9.53 Å². The van der Waals surface area contributed by atoms with Gasteiger partial charge in [0.1, 0.15) is 6.07 Å². The van der Waals surface area contributed by atoms with Gasteiger partial charge in [0.05, 0.1) is 23.4 Å². The van der Waals surface area contributed by atoms with E-state index in [9.17, 15) is 10.1 Å². The third-order valence-electron chi connectivity index (χ3n) is 4.31. The lowest BCUT2D eigenvalue weighted by atomic mass is 10.0. The molecule has 5 heteroatoms. The zero-order valence-electron chi connectivity index (χ0n) is 15.2. The highest BCUT2D eigenvalue weighted by molar-refractivity contribution is 5.95. The maximum Gasteiger partial charge on any atom is 0.411 e. The molecule has 0 radical (unpaired) electrons. The monoisotopic (exact) mass is 347 g/mol. The summed E-state index contributed by atoms with van der Waals surface area (Å²) in [7, 11) is 0. The molecule has 1 amide bonds. The minimum Gasteiger partial charge on any atom is -0.450 e. The second-order valence-corrected chi connectivity index (χ2v) is 6.03. The van der Waals surface area contributed by atoms with Gasteiger partial charge in [-0.1, -0.05) is 24.3 Å². The lowest BCUT2D eigenvalue weighted by molar-refractivity contribution is 0.168. The van der Waals surface area contributed by atoms with Crippen molar-refractivity contribution in [3.8, 4) is 17.3 Å². The number of nitrogens with one attached hydrogen (secondary N) is 1. The average Bonchev–Trinajstić information content (AvgIpc) is 2.94. The molecule has 3 rings (SSSR count). The highest BCUT2D eigenvalue weighted by atomic mass is 16.5. The van der Waals surface area contributed by atoms with Gasteiger partial charge < -0.3 is 9.30 Å². The van der Waals surface area contributed by atoms with E-state index in [1.807, 2.05) is 37.3 Å². The van der Waals surface area contributed by atoms with Crippen LogP contribution in [0.1, 0.15) is 25.0 Å². The smallest absolute Gasteiger partial charge is 0.411 e. The Balaban J connectivity index is 2.16. The third-order valence-corrected chi connectivity index (χ3v) is 4.31. The van der Waals surface area contributed by atoms with Crippen molar-refractivity contribution in [1.82, 2.24) is 4.57 Å². The fourth-order valence-corrected chi connectivity index (χ4v) is 3.23. The summed E-state index contributed by atoms with van der Waals surface area (Å²) >= 11 is 0. The van der Waals surface area contributed by atoms with Crippen molar-refractivity contribution in [2.45, 2.75) is 27.3 Å². The van der Waals surface area contributed by atoms with Crippen LogP contribution in [0.3, 0.4) is 0 Å². The highest BCUT2D eigenvalue weighted by Crippen LogP contribution is 2.35. The number of aromatic nitrogens is 1. The summed E-state index contributed by atoms with van der Waals surface area (Å²) in [6.07, 6.45) is -0.489. The second kappa shape index (κ2) is 7.32. The Morgan fingerprint density at radius 2 is 2.04 bits per heavy atom. The van der Waals surface area contributed by atoms with Crippen LogP contribution in [0.2, 0.25) is 0 Å². The normalized spacial score (nSPS) is 10.5. The van der Waals surface area contributed by atoms with Crippen LogP contribution < -0.4 is 5.32 Å². The second-order valence-electron chi connectivity index (χ2n) is 6.03. The van der Waals surface area contributed by atoms with E-state index in [1.165, 1.54) is 0 Å². The zero-order chi connectivity index (χ0) is 18.7. The number of hydrogen-bond acceptors (Lipinski definition) is 3. The lowest BCUT2D eigenvalue weighted by Crippen LogP contribution is -2.13. The van der Waals surface area contributed by atoms with Gasteiger partial charge in [0.2, 0.25) is 0 Å². The van der Waals surface area contributed by atoms with Gasteiger partial charge in [-0.15, -0.1) is 0 Å². The molecule has 0 atom stereocenters. The van der Waals surface area contributed by atoms with Gasteiger partial charge in [0.15, 0.2) is 0 Å². The molecule has 0 saturated carbocycles. The van der Waals surface area contributed by atoms with Gasteiger partial charge in [0.25, 0.3) is 0 Å². The molecule has 3 aromatic rings. The predicted octanol–water partition coefficient (Wildman–Crippen LogP) is 5.08. The van der Waals surface area contributed by atoms with Crippen molar-refractivity contribution in [2.75, 3.05) is 11.9 Å². The summed E-state index contributed by atoms with van der Waals surface area (Å²) in [5.74, 6) is 0. The van der Waals surface area contributed by atoms with E-state index in [4.69, 9.17) is 4.74 Å². The maximum absolute atomic E-state index is 11.7. The maximum atomic E-state index is 11.7. The fraction of sp³-hybridized carbons (Fsp3) is 0.238. The largest absolute Gasteiger partial charge is 0.450 e. The van der Waals surface area contributed by atoms with E-state index in [2.05, 4.69) is 28.9 Å². The standard InChI is InChI=1S/C21H21N3O2/c1-4-24-19-11-14(3)9-10-17(19)18(13-22)20(24)15-7-6-8-16(12-15)23-21(25)26-5-2/h6-12H,4-5H2,1-3H3,(H,23,25). The molecule has 26 heavy (non-hydrogen) atoms. The van der Waals surface area contributed by atoms with E-state index in [-0.39, 0.29) is 0 Å². The van der Waals surface area contributed by atoms with Gasteiger partial charge in [-0.25, -0.2) is 4.79 Å². The number of amides is 1. The molecule has 1 aromatic heterocycles. The molecule has 0 aliphatic carbocycles. The predicted molar refractivity (Wildman–Crippen MR) is 103 cm³/mol.